The third-order valence-electron chi connectivity index (χ3n) is 2.45. The Morgan fingerprint density at radius 3 is 2.70 bits per heavy atom. The highest BCUT2D eigenvalue weighted by atomic mass is 35.5. The Kier molecular flexibility index (Phi) is 6.25. The first kappa shape index (κ1) is 16.7. The Hall–Kier alpha value is -1.31. The van der Waals surface area contributed by atoms with Crippen LogP contribution in [0.4, 0.5) is 5.69 Å². The average Bonchev–Trinajstić information content (AvgIpc) is 2.34. The molecule has 1 rings (SSSR count). The van der Waals surface area contributed by atoms with Crippen LogP contribution in [0.5, 0.6) is 0 Å². The molecule has 0 atom stereocenters. The molecule has 0 heterocycles. The Balaban J connectivity index is 2.82. The number of carboxylic acid groups (broad SMARTS) is 1. The van der Waals surface area contributed by atoms with Crippen LogP contribution in [0, 0.1) is 0 Å². The zero-order chi connectivity index (χ0) is 15.2. The molecule has 0 aromatic heterocycles. The summed E-state index contributed by atoms with van der Waals surface area (Å²) in [6.45, 7) is 0.0970. The van der Waals surface area contributed by atoms with Crippen molar-refractivity contribution in [1.82, 2.24) is 0 Å². The molecule has 1 aromatic rings. The molecule has 0 aliphatic rings. The molecule has 0 unspecified atom stereocenters. The molecule has 20 heavy (non-hydrogen) atoms. The van der Waals surface area contributed by atoms with Crippen molar-refractivity contribution in [3.05, 3.63) is 29.3 Å². The molecular weight excluding hydrogens is 306 g/mol. The van der Waals surface area contributed by atoms with Crippen molar-refractivity contribution in [2.24, 2.45) is 0 Å². The van der Waals surface area contributed by atoms with Crippen LogP contribution in [0.3, 0.4) is 0 Å². The molecule has 0 radical (unpaired) electrons. The molecule has 8 heteroatoms. The number of rotatable bonds is 8. The van der Waals surface area contributed by atoms with Gasteiger partial charge >= 0.3 is 5.97 Å². The molecule has 0 aliphatic heterocycles. The normalized spacial score (nSPS) is 11.3. The summed E-state index contributed by atoms with van der Waals surface area (Å²) in [6, 6.07) is 4.89. The quantitative estimate of drug-likeness (QED) is 0.429. The van der Waals surface area contributed by atoms with Gasteiger partial charge in [0.25, 0.3) is 10.1 Å². The Bertz CT molecular complexity index is 573. The highest BCUT2D eigenvalue weighted by Gasteiger charge is 2.13. The predicted molar refractivity (Wildman–Crippen MR) is 77.1 cm³/mol. The van der Waals surface area contributed by atoms with E-state index in [9.17, 15) is 13.2 Å². The van der Waals surface area contributed by atoms with Crippen LogP contribution in [-0.2, 0) is 20.7 Å². The number of benzene rings is 1. The fourth-order valence-electron chi connectivity index (χ4n) is 1.67. The maximum Gasteiger partial charge on any atom is 0.337 e. The number of aryl methyl sites for hydroxylation is 1. The summed E-state index contributed by atoms with van der Waals surface area (Å²) in [6.07, 6.45) is 1.47. The summed E-state index contributed by atoms with van der Waals surface area (Å²) >= 11 is 5.68. The topological polar surface area (TPSA) is 92.7 Å². The lowest BCUT2D eigenvalue weighted by atomic mass is 10.0. The van der Waals surface area contributed by atoms with Gasteiger partial charge in [0.15, 0.2) is 0 Å². The Labute approximate surface area is 122 Å². The van der Waals surface area contributed by atoms with Crippen molar-refractivity contribution >= 4 is 33.4 Å². The lowest BCUT2D eigenvalue weighted by molar-refractivity contribution is 0.0697. The first-order valence-corrected chi connectivity index (χ1v) is 8.19. The van der Waals surface area contributed by atoms with Gasteiger partial charge in [-0.15, -0.1) is 11.6 Å². The number of nitrogens with one attached hydrogen (secondary N) is 1. The maximum absolute atomic E-state index is 11.2. The molecule has 0 fully saturated rings. The first-order chi connectivity index (χ1) is 9.35. The number of alkyl halides is 1. The van der Waals surface area contributed by atoms with E-state index in [1.54, 1.807) is 12.1 Å². The van der Waals surface area contributed by atoms with Crippen molar-refractivity contribution in [1.29, 1.82) is 0 Å². The number of hydrogen-bond acceptors (Lipinski definition) is 5. The van der Waals surface area contributed by atoms with E-state index in [4.69, 9.17) is 16.7 Å². The highest BCUT2D eigenvalue weighted by molar-refractivity contribution is 7.85. The SMILES string of the molecule is CS(=O)(=O)OCCNc1c(CCCl)cccc1C(=O)O. The van der Waals surface area contributed by atoms with Crippen LogP contribution >= 0.6 is 11.6 Å². The predicted octanol–water partition coefficient (Wildman–Crippen LogP) is 1.55. The van der Waals surface area contributed by atoms with Crippen molar-refractivity contribution in [3.63, 3.8) is 0 Å². The lowest BCUT2D eigenvalue weighted by Crippen LogP contribution is -2.16. The summed E-state index contributed by atoms with van der Waals surface area (Å²) in [5, 5.41) is 12.0. The fraction of sp³-hybridized carbons (Fsp3) is 0.417. The van der Waals surface area contributed by atoms with Gasteiger partial charge in [-0.05, 0) is 18.1 Å². The van der Waals surface area contributed by atoms with Gasteiger partial charge in [-0.25, -0.2) is 4.79 Å². The number of carboxylic acids is 1. The largest absolute Gasteiger partial charge is 0.478 e. The van der Waals surface area contributed by atoms with E-state index in [2.05, 4.69) is 9.50 Å². The first-order valence-electron chi connectivity index (χ1n) is 5.84. The molecular formula is C12H16ClNO5S. The Morgan fingerprint density at radius 1 is 1.45 bits per heavy atom. The summed E-state index contributed by atoms with van der Waals surface area (Å²) in [5.74, 6) is -0.703. The van der Waals surface area contributed by atoms with E-state index in [0.717, 1.165) is 11.8 Å². The van der Waals surface area contributed by atoms with E-state index >= 15 is 0 Å². The van der Waals surface area contributed by atoms with Crippen molar-refractivity contribution in [2.45, 2.75) is 6.42 Å². The lowest BCUT2D eigenvalue weighted by Gasteiger charge is -2.14. The fourth-order valence-corrected chi connectivity index (χ4v) is 2.26. The summed E-state index contributed by atoms with van der Waals surface area (Å²) in [7, 11) is -3.50. The van der Waals surface area contributed by atoms with Gasteiger partial charge in [0.1, 0.15) is 0 Å². The van der Waals surface area contributed by atoms with E-state index in [0.29, 0.717) is 18.0 Å². The molecule has 0 saturated heterocycles. The number of aromatic carboxylic acids is 1. The van der Waals surface area contributed by atoms with Gasteiger partial charge < -0.3 is 10.4 Å². The van der Waals surface area contributed by atoms with Crippen molar-refractivity contribution < 1.29 is 22.5 Å². The molecule has 2 N–H and O–H groups in total. The molecule has 0 bridgehead atoms. The van der Waals surface area contributed by atoms with E-state index < -0.39 is 16.1 Å². The van der Waals surface area contributed by atoms with Crippen molar-refractivity contribution in [3.8, 4) is 0 Å². The van der Waals surface area contributed by atoms with Gasteiger partial charge in [-0.3, -0.25) is 4.18 Å². The zero-order valence-corrected chi connectivity index (χ0v) is 12.5. The monoisotopic (exact) mass is 321 g/mol. The minimum atomic E-state index is -3.50. The molecule has 0 spiro atoms. The van der Waals surface area contributed by atoms with Crippen LogP contribution in [0.2, 0.25) is 0 Å². The molecule has 0 amide bonds. The van der Waals surface area contributed by atoms with Crippen LogP contribution in [0.25, 0.3) is 0 Å². The number of para-hydroxylation sites is 1. The van der Waals surface area contributed by atoms with E-state index in [1.807, 2.05) is 0 Å². The van der Waals surface area contributed by atoms with Crippen LogP contribution in [-0.4, -0.2) is 44.8 Å². The van der Waals surface area contributed by atoms with Crippen LogP contribution < -0.4 is 5.32 Å². The minimum Gasteiger partial charge on any atom is -0.478 e. The molecule has 6 nitrogen and oxygen atoms in total. The van der Waals surface area contributed by atoms with E-state index in [-0.39, 0.29) is 18.7 Å². The highest BCUT2D eigenvalue weighted by Crippen LogP contribution is 2.22. The summed E-state index contributed by atoms with van der Waals surface area (Å²) in [4.78, 5) is 11.2. The summed E-state index contributed by atoms with van der Waals surface area (Å²) < 4.78 is 26.2. The molecule has 0 saturated carbocycles. The second-order valence-electron chi connectivity index (χ2n) is 4.04. The standard InChI is InChI=1S/C12H16ClNO5S/c1-20(17,18)19-8-7-14-11-9(5-6-13)3-2-4-10(11)12(15)16/h2-4,14H,5-8H2,1H3,(H,15,16). The zero-order valence-electron chi connectivity index (χ0n) is 10.9. The van der Waals surface area contributed by atoms with Gasteiger partial charge in [0.05, 0.1) is 24.1 Å². The average molecular weight is 322 g/mol. The summed E-state index contributed by atoms with van der Waals surface area (Å²) in [5.41, 5.74) is 1.32. The van der Waals surface area contributed by atoms with Gasteiger partial charge in [-0.1, -0.05) is 12.1 Å². The minimum absolute atomic E-state index is 0.0763. The number of carbonyl (C=O) groups is 1. The van der Waals surface area contributed by atoms with Gasteiger partial charge in [-0.2, -0.15) is 8.42 Å². The second-order valence-corrected chi connectivity index (χ2v) is 6.06. The third kappa shape index (κ3) is 5.36. The number of halogens is 1. The Morgan fingerprint density at radius 2 is 2.15 bits per heavy atom. The number of anilines is 1. The van der Waals surface area contributed by atoms with Crippen LogP contribution in [0.1, 0.15) is 15.9 Å². The third-order valence-corrected chi connectivity index (χ3v) is 3.23. The smallest absolute Gasteiger partial charge is 0.337 e. The molecule has 1 aromatic carbocycles. The maximum atomic E-state index is 11.2. The van der Waals surface area contributed by atoms with Gasteiger partial charge in [0.2, 0.25) is 0 Å². The molecule has 112 valence electrons. The van der Waals surface area contributed by atoms with Gasteiger partial charge in [0, 0.05) is 12.4 Å². The van der Waals surface area contributed by atoms with E-state index in [1.165, 1.54) is 6.07 Å². The second kappa shape index (κ2) is 7.47. The van der Waals surface area contributed by atoms with Crippen LogP contribution in [0.15, 0.2) is 18.2 Å². The van der Waals surface area contributed by atoms with Crippen molar-refractivity contribution in [2.75, 3.05) is 30.6 Å². The molecule has 0 aliphatic carbocycles. The number of hydrogen-bond donors (Lipinski definition) is 2.